The summed E-state index contributed by atoms with van der Waals surface area (Å²) >= 11 is 0.923. The van der Waals surface area contributed by atoms with Crippen LogP contribution in [0.3, 0.4) is 0 Å². The van der Waals surface area contributed by atoms with E-state index in [1.54, 1.807) is 24.3 Å². The molecule has 8 nitrogen and oxygen atoms in total. The van der Waals surface area contributed by atoms with Crippen LogP contribution in [0.25, 0.3) is 21.9 Å². The second kappa shape index (κ2) is 5.92. The van der Waals surface area contributed by atoms with Crippen molar-refractivity contribution in [3.63, 3.8) is 0 Å². The fourth-order valence-corrected chi connectivity index (χ4v) is 4.10. The Balaban J connectivity index is 1.60. The van der Waals surface area contributed by atoms with E-state index in [-0.39, 0.29) is 10.4 Å². The van der Waals surface area contributed by atoms with Gasteiger partial charge in [-0.1, -0.05) is 24.3 Å². The van der Waals surface area contributed by atoms with E-state index in [2.05, 4.69) is 24.0 Å². The molecular weight excluding hydrogens is 362 g/mol. The van der Waals surface area contributed by atoms with E-state index in [1.807, 2.05) is 12.1 Å². The summed E-state index contributed by atoms with van der Waals surface area (Å²) in [6.07, 6.45) is 1.53. The van der Waals surface area contributed by atoms with Crippen molar-refractivity contribution in [2.45, 2.75) is 4.90 Å². The number of carbonyl (C=O) groups is 1. The Morgan fingerprint density at radius 3 is 2.80 bits per heavy atom. The highest BCUT2D eigenvalue weighted by Gasteiger charge is 2.21. The molecule has 25 heavy (non-hydrogen) atoms. The molecule has 10 heteroatoms. The maximum absolute atomic E-state index is 12.5. The van der Waals surface area contributed by atoms with Gasteiger partial charge in [-0.25, -0.2) is 8.42 Å². The number of aromatic nitrogens is 3. The zero-order valence-corrected chi connectivity index (χ0v) is 14.2. The Kier molecular flexibility index (Phi) is 3.71. The molecule has 0 fully saturated rings. The lowest BCUT2D eigenvalue weighted by Gasteiger charge is -2.08. The number of nitrogens with one attached hydrogen (secondary N) is 3. The molecule has 3 N–H and O–H groups in total. The number of sulfonamides is 1. The Morgan fingerprint density at radius 2 is 1.92 bits per heavy atom. The van der Waals surface area contributed by atoms with Gasteiger partial charge in [-0.3, -0.25) is 10.2 Å². The Hall–Kier alpha value is -2.82. The van der Waals surface area contributed by atoms with Crippen molar-refractivity contribution in [1.82, 2.24) is 24.0 Å². The average molecular weight is 373 g/mol. The van der Waals surface area contributed by atoms with Gasteiger partial charge < -0.3 is 4.98 Å². The summed E-state index contributed by atoms with van der Waals surface area (Å²) in [6, 6.07) is 11.9. The van der Waals surface area contributed by atoms with E-state index in [1.165, 1.54) is 12.3 Å². The molecule has 0 saturated heterocycles. The molecule has 2 heterocycles. The normalized spacial score (nSPS) is 11.8. The van der Waals surface area contributed by atoms with Gasteiger partial charge in [0.25, 0.3) is 15.9 Å². The quantitative estimate of drug-likeness (QED) is 0.472. The molecule has 0 unspecified atom stereocenters. The predicted molar refractivity (Wildman–Crippen MR) is 93.5 cm³/mol. The Bertz CT molecular complexity index is 1200. The number of benzene rings is 2. The third-order valence-corrected chi connectivity index (χ3v) is 5.49. The topological polar surface area (TPSA) is 117 Å². The summed E-state index contributed by atoms with van der Waals surface area (Å²) in [6.45, 7) is 0. The van der Waals surface area contributed by atoms with Crippen molar-refractivity contribution in [2.24, 2.45) is 0 Å². The van der Waals surface area contributed by atoms with Crippen molar-refractivity contribution < 1.29 is 13.2 Å². The Labute approximate surface area is 146 Å². The highest BCUT2D eigenvalue weighted by molar-refractivity contribution is 7.89. The smallest absolute Gasteiger partial charge is 0.268 e. The van der Waals surface area contributed by atoms with E-state index in [4.69, 9.17) is 0 Å². The van der Waals surface area contributed by atoms with Gasteiger partial charge in [0, 0.05) is 17.1 Å². The first kappa shape index (κ1) is 15.7. The number of H-pyrrole nitrogens is 1. The van der Waals surface area contributed by atoms with Crippen molar-refractivity contribution in [2.75, 3.05) is 0 Å². The molecule has 0 radical (unpaired) electrons. The molecule has 0 aliphatic carbocycles. The molecule has 126 valence electrons. The van der Waals surface area contributed by atoms with Gasteiger partial charge in [0.1, 0.15) is 15.9 Å². The van der Waals surface area contributed by atoms with Gasteiger partial charge in [-0.2, -0.15) is 8.75 Å². The lowest BCUT2D eigenvalue weighted by atomic mass is 10.2. The first-order chi connectivity index (χ1) is 12.1. The molecule has 1 amide bonds. The third kappa shape index (κ3) is 2.76. The van der Waals surface area contributed by atoms with Crippen molar-refractivity contribution in [1.29, 1.82) is 0 Å². The molecular formula is C15H11N5O3S2. The Morgan fingerprint density at radius 1 is 1.08 bits per heavy atom. The van der Waals surface area contributed by atoms with Crippen LogP contribution in [0.5, 0.6) is 0 Å². The number of fused-ring (bicyclic) bond motifs is 2. The second-order valence-corrected chi connectivity index (χ2v) is 7.37. The van der Waals surface area contributed by atoms with Crippen LogP contribution in [-0.4, -0.2) is 28.1 Å². The molecule has 0 aliphatic heterocycles. The third-order valence-electron chi connectivity index (χ3n) is 3.67. The van der Waals surface area contributed by atoms with Crippen LogP contribution < -0.4 is 10.3 Å². The predicted octanol–water partition coefficient (Wildman–Crippen LogP) is 1.80. The molecule has 0 saturated carbocycles. The van der Waals surface area contributed by atoms with E-state index < -0.39 is 15.9 Å². The largest absolute Gasteiger partial charge is 0.360 e. The number of hydrogen-bond donors (Lipinski definition) is 3. The molecule has 0 spiro atoms. The molecule has 0 atom stereocenters. The van der Waals surface area contributed by atoms with Crippen molar-refractivity contribution >= 4 is 49.6 Å². The lowest BCUT2D eigenvalue weighted by molar-refractivity contribution is 0.0947. The van der Waals surface area contributed by atoms with Gasteiger partial charge >= 0.3 is 0 Å². The number of carbonyl (C=O) groups excluding carboxylic acids is 1. The summed E-state index contributed by atoms with van der Waals surface area (Å²) in [5.41, 5.74) is 4.10. The summed E-state index contributed by atoms with van der Waals surface area (Å²) in [5.74, 6) is -0.565. The van der Waals surface area contributed by atoms with Gasteiger partial charge in [0.05, 0.1) is 17.3 Å². The van der Waals surface area contributed by atoms with E-state index in [0.717, 1.165) is 17.2 Å². The fraction of sp³-hybridized carbons (Fsp3) is 0. The van der Waals surface area contributed by atoms with Crippen LogP contribution in [0.2, 0.25) is 0 Å². The number of hydrogen-bond acceptors (Lipinski definition) is 6. The number of amides is 1. The van der Waals surface area contributed by atoms with E-state index >= 15 is 0 Å². The summed E-state index contributed by atoms with van der Waals surface area (Å²) in [4.78, 5) is 17.4. The highest BCUT2D eigenvalue weighted by atomic mass is 32.2. The zero-order valence-electron chi connectivity index (χ0n) is 12.6. The van der Waals surface area contributed by atoms with Crippen molar-refractivity contribution in [3.05, 3.63) is 54.2 Å². The molecule has 0 bridgehead atoms. The minimum absolute atomic E-state index is 0.0435. The monoisotopic (exact) mass is 373 g/mol. The molecule has 2 aromatic carbocycles. The number of rotatable bonds is 4. The number of para-hydroxylation sites is 1. The molecule has 4 rings (SSSR count). The van der Waals surface area contributed by atoms with Gasteiger partial charge in [0.15, 0.2) is 0 Å². The minimum atomic E-state index is -3.98. The first-order valence-electron chi connectivity index (χ1n) is 7.16. The van der Waals surface area contributed by atoms with Crippen LogP contribution in [0.1, 0.15) is 10.4 Å². The molecule has 0 aliphatic rings. The standard InChI is InChI=1S/C15H11N5O3S2/c21-15(10-8-16-11-5-2-1-4-9(10)11)17-20-25(22,23)13-7-3-6-12-14(13)19-24-18-12/h1-8,16,20H,(H,17,21). The SMILES string of the molecule is O=C(NNS(=O)(=O)c1cccc2nsnc12)c1c[nH]c2ccccc12. The van der Waals surface area contributed by atoms with Crippen LogP contribution in [-0.2, 0) is 10.0 Å². The maximum atomic E-state index is 12.5. The summed E-state index contributed by atoms with van der Waals surface area (Å²) in [7, 11) is -3.98. The van der Waals surface area contributed by atoms with Gasteiger partial charge in [0.2, 0.25) is 0 Å². The summed E-state index contributed by atoms with van der Waals surface area (Å²) < 4.78 is 33.0. The molecule has 4 aromatic rings. The van der Waals surface area contributed by atoms with Gasteiger partial charge in [-0.05, 0) is 18.2 Å². The fourth-order valence-electron chi connectivity index (χ4n) is 2.49. The lowest BCUT2D eigenvalue weighted by Crippen LogP contribution is -2.41. The van der Waals surface area contributed by atoms with E-state index in [9.17, 15) is 13.2 Å². The van der Waals surface area contributed by atoms with Crippen LogP contribution >= 0.6 is 11.7 Å². The van der Waals surface area contributed by atoms with Crippen LogP contribution in [0.15, 0.2) is 53.6 Å². The number of aromatic amines is 1. The number of nitrogens with zero attached hydrogens (tertiary/aromatic N) is 2. The number of hydrazine groups is 1. The highest BCUT2D eigenvalue weighted by Crippen LogP contribution is 2.21. The van der Waals surface area contributed by atoms with E-state index in [0.29, 0.717) is 16.5 Å². The van der Waals surface area contributed by atoms with Gasteiger partial charge in [-0.15, -0.1) is 4.83 Å². The second-order valence-electron chi connectivity index (χ2n) is 5.20. The zero-order chi connectivity index (χ0) is 17.4. The molecule has 2 aromatic heterocycles. The van der Waals surface area contributed by atoms with Crippen LogP contribution in [0.4, 0.5) is 0 Å². The summed E-state index contributed by atoms with van der Waals surface area (Å²) in [5, 5.41) is 0.699. The first-order valence-corrected chi connectivity index (χ1v) is 9.37. The van der Waals surface area contributed by atoms with Crippen molar-refractivity contribution in [3.8, 4) is 0 Å². The van der Waals surface area contributed by atoms with Crippen LogP contribution in [0, 0.1) is 0 Å². The average Bonchev–Trinajstić information content (AvgIpc) is 3.26. The minimum Gasteiger partial charge on any atom is -0.360 e. The maximum Gasteiger partial charge on any atom is 0.268 e.